The molecule has 162 valence electrons. The van der Waals surface area contributed by atoms with Gasteiger partial charge in [-0.1, -0.05) is 68.3 Å². The summed E-state index contributed by atoms with van der Waals surface area (Å²) in [4.78, 5) is 29.2. The van der Waals surface area contributed by atoms with Crippen LogP contribution >= 0.6 is 0 Å². The van der Waals surface area contributed by atoms with Crippen molar-refractivity contribution in [2.45, 2.75) is 51.2 Å². The summed E-state index contributed by atoms with van der Waals surface area (Å²) in [5.74, 6) is -0.344. The van der Waals surface area contributed by atoms with Crippen LogP contribution in [0.2, 0.25) is 0 Å². The van der Waals surface area contributed by atoms with Crippen molar-refractivity contribution in [3.8, 4) is 0 Å². The van der Waals surface area contributed by atoms with E-state index in [2.05, 4.69) is 42.0 Å². The van der Waals surface area contributed by atoms with Crippen LogP contribution in [-0.4, -0.2) is 41.2 Å². The Morgan fingerprint density at radius 1 is 1.03 bits per heavy atom. The monoisotopic (exact) mass is 417 g/mol. The Hall–Kier alpha value is -2.92. The lowest BCUT2D eigenvalue weighted by atomic mass is 9.94. The highest BCUT2D eigenvalue weighted by Gasteiger charge is 2.31. The molecule has 2 amide bonds. The van der Waals surface area contributed by atoms with Crippen LogP contribution in [0.15, 0.2) is 55.1 Å². The second-order valence-corrected chi connectivity index (χ2v) is 8.64. The van der Waals surface area contributed by atoms with E-state index in [0.29, 0.717) is 23.8 Å². The second kappa shape index (κ2) is 9.48. The van der Waals surface area contributed by atoms with Gasteiger partial charge in [-0.05, 0) is 37.1 Å². The van der Waals surface area contributed by atoms with Crippen LogP contribution in [0.3, 0.4) is 0 Å². The first-order chi connectivity index (χ1) is 15.0. The molecule has 2 aliphatic rings. The molecular weight excluding hydrogens is 386 g/mol. The third-order valence-corrected chi connectivity index (χ3v) is 6.55. The van der Waals surface area contributed by atoms with Gasteiger partial charge in [-0.25, -0.2) is 0 Å². The van der Waals surface area contributed by atoms with Crippen LogP contribution in [0.5, 0.6) is 0 Å². The average molecular weight is 418 g/mol. The van der Waals surface area contributed by atoms with Crippen molar-refractivity contribution in [2.75, 3.05) is 13.6 Å². The van der Waals surface area contributed by atoms with E-state index in [1.165, 1.54) is 42.6 Å². The fourth-order valence-corrected chi connectivity index (χ4v) is 4.70. The normalized spacial score (nSPS) is 16.6. The summed E-state index contributed by atoms with van der Waals surface area (Å²) in [7, 11) is 2.20. The van der Waals surface area contributed by atoms with E-state index in [9.17, 15) is 9.59 Å². The summed E-state index contributed by atoms with van der Waals surface area (Å²) in [6, 6.07) is 16.3. The minimum atomic E-state index is -0.183. The first kappa shape index (κ1) is 21.3. The van der Waals surface area contributed by atoms with Crippen LogP contribution in [0.1, 0.15) is 59.2 Å². The average Bonchev–Trinajstić information content (AvgIpc) is 3.04. The van der Waals surface area contributed by atoms with E-state index in [4.69, 9.17) is 0 Å². The number of rotatable bonds is 7. The number of nitrogens with one attached hydrogen (secondary N) is 1. The SMILES string of the molecule is C=C1c2ccccc2C(=O)N1CC(=O)NCc1ccccc1CN(C)C1CCCCC1. The Bertz CT molecular complexity index is 943. The van der Waals surface area contributed by atoms with Gasteiger partial charge in [0.15, 0.2) is 0 Å². The zero-order valence-corrected chi connectivity index (χ0v) is 18.3. The third kappa shape index (κ3) is 4.72. The molecule has 0 radical (unpaired) electrons. The molecule has 1 N–H and O–H groups in total. The van der Waals surface area contributed by atoms with Gasteiger partial charge in [0.25, 0.3) is 5.91 Å². The Morgan fingerprint density at radius 3 is 2.39 bits per heavy atom. The molecule has 0 unspecified atom stereocenters. The molecule has 0 saturated heterocycles. The van der Waals surface area contributed by atoms with Crippen molar-refractivity contribution in [1.82, 2.24) is 15.1 Å². The number of benzene rings is 2. The Balaban J connectivity index is 1.35. The molecule has 1 saturated carbocycles. The number of carbonyl (C=O) groups is 2. The predicted molar refractivity (Wildman–Crippen MR) is 123 cm³/mol. The Labute approximate surface area is 184 Å². The van der Waals surface area contributed by atoms with Gasteiger partial charge in [0.05, 0.1) is 0 Å². The predicted octanol–water partition coefficient (Wildman–Crippen LogP) is 4.19. The minimum Gasteiger partial charge on any atom is -0.350 e. The molecule has 1 aliphatic heterocycles. The molecule has 2 aromatic rings. The quantitative estimate of drug-likeness (QED) is 0.735. The van der Waals surface area contributed by atoms with Crippen LogP contribution in [0.25, 0.3) is 5.70 Å². The molecule has 0 aromatic heterocycles. The fraction of sp³-hybridized carbons (Fsp3) is 0.385. The molecule has 5 nitrogen and oxygen atoms in total. The zero-order chi connectivity index (χ0) is 21.8. The van der Waals surface area contributed by atoms with Crippen molar-refractivity contribution in [2.24, 2.45) is 0 Å². The first-order valence-electron chi connectivity index (χ1n) is 11.2. The topological polar surface area (TPSA) is 52.7 Å². The molecule has 1 aliphatic carbocycles. The molecule has 0 atom stereocenters. The van der Waals surface area contributed by atoms with Gasteiger partial charge in [-0.15, -0.1) is 0 Å². The highest BCUT2D eigenvalue weighted by Crippen LogP contribution is 2.30. The van der Waals surface area contributed by atoms with E-state index in [1.807, 2.05) is 24.3 Å². The van der Waals surface area contributed by atoms with Gasteiger partial charge < -0.3 is 5.32 Å². The lowest BCUT2D eigenvalue weighted by Crippen LogP contribution is -2.37. The van der Waals surface area contributed by atoms with E-state index in [1.54, 1.807) is 6.07 Å². The number of carbonyl (C=O) groups excluding carboxylic acids is 2. The molecular formula is C26H31N3O2. The second-order valence-electron chi connectivity index (χ2n) is 8.64. The van der Waals surface area contributed by atoms with Gasteiger partial charge in [0.2, 0.25) is 5.91 Å². The highest BCUT2D eigenvalue weighted by atomic mass is 16.2. The highest BCUT2D eigenvalue weighted by molar-refractivity contribution is 6.10. The van der Waals surface area contributed by atoms with E-state index in [-0.39, 0.29) is 18.4 Å². The van der Waals surface area contributed by atoms with Crippen LogP contribution in [-0.2, 0) is 17.9 Å². The lowest BCUT2D eigenvalue weighted by molar-refractivity contribution is -0.121. The number of nitrogens with zero attached hydrogens (tertiary/aromatic N) is 2. The molecule has 0 spiro atoms. The zero-order valence-electron chi connectivity index (χ0n) is 18.3. The standard InChI is InChI=1S/C26H31N3O2/c1-19-23-14-8-9-15-24(23)26(31)29(19)18-25(30)27-16-20-10-6-7-11-21(20)17-28(2)22-12-4-3-5-13-22/h6-11,14-15,22H,1,3-5,12-13,16-18H2,2H3,(H,27,30). The lowest BCUT2D eigenvalue weighted by Gasteiger charge is -2.31. The number of hydrogen-bond donors (Lipinski definition) is 1. The van der Waals surface area contributed by atoms with Gasteiger partial charge in [0, 0.05) is 36.0 Å². The maximum atomic E-state index is 12.6. The minimum absolute atomic E-state index is 0.0174. The summed E-state index contributed by atoms with van der Waals surface area (Å²) >= 11 is 0. The van der Waals surface area contributed by atoms with Gasteiger partial charge in [-0.2, -0.15) is 0 Å². The Morgan fingerprint density at radius 2 is 1.68 bits per heavy atom. The van der Waals surface area contributed by atoms with E-state index < -0.39 is 0 Å². The van der Waals surface area contributed by atoms with Crippen molar-refractivity contribution in [3.63, 3.8) is 0 Å². The Kier molecular flexibility index (Phi) is 6.52. The van der Waals surface area contributed by atoms with E-state index >= 15 is 0 Å². The van der Waals surface area contributed by atoms with Crippen LogP contribution in [0, 0.1) is 0 Å². The van der Waals surface area contributed by atoms with Crippen LogP contribution in [0.4, 0.5) is 0 Å². The molecule has 5 heteroatoms. The first-order valence-corrected chi connectivity index (χ1v) is 11.2. The summed E-state index contributed by atoms with van der Waals surface area (Å²) in [6.07, 6.45) is 6.52. The molecule has 0 bridgehead atoms. The van der Waals surface area contributed by atoms with Crippen LogP contribution < -0.4 is 5.32 Å². The van der Waals surface area contributed by atoms with Crippen molar-refractivity contribution in [1.29, 1.82) is 0 Å². The van der Waals surface area contributed by atoms with Gasteiger partial charge in [0.1, 0.15) is 6.54 Å². The molecule has 2 aromatic carbocycles. The number of hydrogen-bond acceptors (Lipinski definition) is 3. The van der Waals surface area contributed by atoms with Gasteiger partial charge in [-0.3, -0.25) is 19.4 Å². The fourth-order valence-electron chi connectivity index (χ4n) is 4.70. The molecule has 1 heterocycles. The van der Waals surface area contributed by atoms with Gasteiger partial charge >= 0.3 is 0 Å². The number of fused-ring (bicyclic) bond motifs is 1. The van der Waals surface area contributed by atoms with Crippen molar-refractivity contribution < 1.29 is 9.59 Å². The largest absolute Gasteiger partial charge is 0.350 e. The van der Waals surface area contributed by atoms with E-state index in [0.717, 1.165) is 17.7 Å². The summed E-state index contributed by atoms with van der Waals surface area (Å²) < 4.78 is 0. The molecule has 31 heavy (non-hydrogen) atoms. The third-order valence-electron chi connectivity index (χ3n) is 6.55. The van der Waals surface area contributed by atoms with Crippen molar-refractivity contribution >= 4 is 17.5 Å². The summed E-state index contributed by atoms with van der Waals surface area (Å²) in [5.41, 5.74) is 4.36. The van der Waals surface area contributed by atoms with Crippen molar-refractivity contribution in [3.05, 3.63) is 77.4 Å². The summed E-state index contributed by atoms with van der Waals surface area (Å²) in [6.45, 7) is 5.33. The molecule has 1 fully saturated rings. The molecule has 4 rings (SSSR count). The number of amides is 2. The maximum Gasteiger partial charge on any atom is 0.259 e. The summed E-state index contributed by atoms with van der Waals surface area (Å²) in [5, 5.41) is 2.99. The smallest absolute Gasteiger partial charge is 0.259 e. The maximum absolute atomic E-state index is 12.6.